The van der Waals surface area contributed by atoms with Crippen LogP contribution in [0.5, 0.6) is 0 Å². The van der Waals surface area contributed by atoms with E-state index in [9.17, 15) is 27.6 Å². The van der Waals surface area contributed by atoms with E-state index in [4.69, 9.17) is 5.11 Å². The molecule has 0 spiro atoms. The number of anilines is 1. The van der Waals surface area contributed by atoms with Crippen molar-refractivity contribution in [1.29, 1.82) is 0 Å². The van der Waals surface area contributed by atoms with Crippen molar-refractivity contribution in [3.05, 3.63) is 29.8 Å². The number of carboxylic acids is 1. The molecule has 1 aromatic carbocycles. The first-order chi connectivity index (χ1) is 12.5. The summed E-state index contributed by atoms with van der Waals surface area (Å²) < 4.78 is 39.8. The number of alkyl halides is 3. The minimum absolute atomic E-state index is 0.0727. The lowest BCUT2D eigenvalue weighted by molar-refractivity contribution is -0.227. The number of hydrogen-bond donors (Lipinski definition) is 1. The van der Waals surface area contributed by atoms with Gasteiger partial charge in [-0.1, -0.05) is 17.7 Å². The Labute approximate surface area is 153 Å². The summed E-state index contributed by atoms with van der Waals surface area (Å²) in [5, 5.41) is 9.10. The van der Waals surface area contributed by atoms with Crippen LogP contribution in [0.15, 0.2) is 24.3 Å². The molecule has 0 radical (unpaired) electrons. The lowest BCUT2D eigenvalue weighted by Crippen LogP contribution is -2.48. The number of benzene rings is 1. The average Bonchev–Trinajstić information content (AvgIpc) is 3.19. The maximum Gasteiger partial charge on any atom is 0.406 e. The number of carboxylic acid groups (broad SMARTS) is 1. The number of hydrogen-bond acceptors (Lipinski definition) is 3. The summed E-state index contributed by atoms with van der Waals surface area (Å²) in [6.07, 6.45) is -5.73. The summed E-state index contributed by atoms with van der Waals surface area (Å²) in [5.74, 6) is -3.65. The molecule has 2 heterocycles. The van der Waals surface area contributed by atoms with Crippen molar-refractivity contribution in [2.45, 2.75) is 25.9 Å². The predicted octanol–water partition coefficient (Wildman–Crippen LogP) is 2.21. The minimum atomic E-state index is -4.95. The van der Waals surface area contributed by atoms with Crippen LogP contribution in [0.1, 0.15) is 18.4 Å². The van der Waals surface area contributed by atoms with E-state index in [0.29, 0.717) is 5.69 Å². The zero-order valence-electron chi connectivity index (χ0n) is 14.6. The van der Waals surface area contributed by atoms with Gasteiger partial charge in [0.1, 0.15) is 0 Å². The number of nitrogens with zero attached hydrogens (tertiary/aromatic N) is 2. The number of likely N-dealkylation sites (tertiary alicyclic amines) is 1. The number of carbonyl (C=O) groups is 3. The van der Waals surface area contributed by atoms with Crippen LogP contribution in [0.2, 0.25) is 0 Å². The van der Waals surface area contributed by atoms with Crippen LogP contribution in [-0.4, -0.2) is 53.6 Å². The number of aliphatic carboxylic acids is 1. The molecule has 0 aliphatic carbocycles. The molecule has 9 heteroatoms. The highest BCUT2D eigenvalue weighted by Gasteiger charge is 2.64. The molecule has 0 bridgehead atoms. The van der Waals surface area contributed by atoms with E-state index in [1.807, 2.05) is 19.1 Å². The molecule has 0 aromatic heterocycles. The van der Waals surface area contributed by atoms with Gasteiger partial charge in [-0.3, -0.25) is 14.4 Å². The number of halogens is 3. The molecular formula is C18H19F3N2O4. The first kappa shape index (κ1) is 19.2. The number of carbonyl (C=O) groups excluding carboxylic acids is 2. The Kier molecular flexibility index (Phi) is 4.65. The van der Waals surface area contributed by atoms with Gasteiger partial charge in [0.15, 0.2) is 5.41 Å². The molecule has 27 heavy (non-hydrogen) atoms. The standard InChI is InChI=1S/C18H19F3N2O4/c1-11-2-4-13(5-3-11)23-9-12(8-14(23)24)15(25)22-7-6-17(10-22,16(26)27)18(19,20)21/h2-5,12H,6-10H2,1H3,(H,26,27). The Morgan fingerprint density at radius 2 is 1.85 bits per heavy atom. The summed E-state index contributed by atoms with van der Waals surface area (Å²) in [6.45, 7) is 0.758. The third-order valence-electron chi connectivity index (χ3n) is 5.35. The second kappa shape index (κ2) is 6.54. The normalized spacial score (nSPS) is 25.9. The largest absolute Gasteiger partial charge is 0.481 e. The molecule has 1 aromatic rings. The minimum Gasteiger partial charge on any atom is -0.481 e. The maximum absolute atomic E-state index is 13.3. The van der Waals surface area contributed by atoms with E-state index in [0.717, 1.165) is 10.5 Å². The number of rotatable bonds is 3. The van der Waals surface area contributed by atoms with Gasteiger partial charge < -0.3 is 14.9 Å². The van der Waals surface area contributed by atoms with Gasteiger partial charge in [0.05, 0.1) is 5.92 Å². The van der Waals surface area contributed by atoms with Crippen LogP contribution in [0.25, 0.3) is 0 Å². The van der Waals surface area contributed by atoms with Gasteiger partial charge >= 0.3 is 12.1 Å². The lowest BCUT2D eigenvalue weighted by Gasteiger charge is -2.28. The van der Waals surface area contributed by atoms with Crippen molar-refractivity contribution in [2.75, 3.05) is 24.5 Å². The van der Waals surface area contributed by atoms with Gasteiger partial charge in [0.25, 0.3) is 0 Å². The Morgan fingerprint density at radius 3 is 2.37 bits per heavy atom. The van der Waals surface area contributed by atoms with Crippen LogP contribution in [0.3, 0.4) is 0 Å². The Morgan fingerprint density at radius 1 is 1.22 bits per heavy atom. The SMILES string of the molecule is Cc1ccc(N2CC(C(=O)N3CCC(C(=O)O)(C(F)(F)F)C3)CC2=O)cc1. The molecule has 2 unspecified atom stereocenters. The molecule has 2 saturated heterocycles. The molecule has 2 atom stereocenters. The van der Waals surface area contributed by atoms with E-state index in [2.05, 4.69) is 0 Å². The molecule has 0 saturated carbocycles. The first-order valence-electron chi connectivity index (χ1n) is 8.51. The van der Waals surface area contributed by atoms with Gasteiger partial charge in [-0.05, 0) is 25.5 Å². The smallest absolute Gasteiger partial charge is 0.406 e. The number of amides is 2. The molecule has 6 nitrogen and oxygen atoms in total. The summed E-state index contributed by atoms with van der Waals surface area (Å²) in [7, 11) is 0. The number of aryl methyl sites for hydroxylation is 1. The summed E-state index contributed by atoms with van der Waals surface area (Å²) in [5.41, 5.74) is -1.31. The first-order valence-corrected chi connectivity index (χ1v) is 8.51. The monoisotopic (exact) mass is 384 g/mol. The molecule has 3 rings (SSSR count). The highest BCUT2D eigenvalue weighted by atomic mass is 19.4. The van der Waals surface area contributed by atoms with Crippen LogP contribution >= 0.6 is 0 Å². The molecule has 2 fully saturated rings. The third-order valence-corrected chi connectivity index (χ3v) is 5.35. The van der Waals surface area contributed by atoms with Crippen molar-refractivity contribution in [3.8, 4) is 0 Å². The van der Waals surface area contributed by atoms with Crippen molar-refractivity contribution < 1.29 is 32.7 Å². The molecule has 146 valence electrons. The van der Waals surface area contributed by atoms with E-state index in [-0.39, 0.29) is 25.4 Å². The lowest BCUT2D eigenvalue weighted by atomic mass is 9.86. The molecule has 2 amide bonds. The van der Waals surface area contributed by atoms with Crippen LogP contribution in [-0.2, 0) is 14.4 Å². The Balaban J connectivity index is 1.73. The highest BCUT2D eigenvalue weighted by molar-refractivity contribution is 6.00. The van der Waals surface area contributed by atoms with Crippen LogP contribution < -0.4 is 4.90 Å². The van der Waals surface area contributed by atoms with E-state index >= 15 is 0 Å². The van der Waals surface area contributed by atoms with Gasteiger partial charge in [0.2, 0.25) is 11.8 Å². The molecule has 1 N–H and O–H groups in total. The summed E-state index contributed by atoms with van der Waals surface area (Å²) in [6, 6.07) is 7.13. The van der Waals surface area contributed by atoms with E-state index in [1.54, 1.807) is 12.1 Å². The molecule has 2 aliphatic heterocycles. The topological polar surface area (TPSA) is 77.9 Å². The van der Waals surface area contributed by atoms with E-state index in [1.165, 1.54) is 4.90 Å². The molecule has 2 aliphatic rings. The van der Waals surface area contributed by atoms with Gasteiger partial charge in [-0.15, -0.1) is 0 Å². The van der Waals surface area contributed by atoms with Crippen molar-refractivity contribution in [2.24, 2.45) is 11.3 Å². The van der Waals surface area contributed by atoms with Gasteiger partial charge in [0, 0.05) is 31.7 Å². The van der Waals surface area contributed by atoms with Gasteiger partial charge in [-0.2, -0.15) is 13.2 Å². The fourth-order valence-corrected chi connectivity index (χ4v) is 3.63. The molecular weight excluding hydrogens is 365 g/mol. The predicted molar refractivity (Wildman–Crippen MR) is 89.0 cm³/mol. The summed E-state index contributed by atoms with van der Waals surface area (Å²) in [4.78, 5) is 38.5. The summed E-state index contributed by atoms with van der Waals surface area (Å²) >= 11 is 0. The Bertz CT molecular complexity index is 778. The second-order valence-corrected chi connectivity index (χ2v) is 7.14. The maximum atomic E-state index is 13.3. The zero-order valence-corrected chi connectivity index (χ0v) is 14.6. The van der Waals surface area contributed by atoms with Crippen LogP contribution in [0.4, 0.5) is 18.9 Å². The van der Waals surface area contributed by atoms with Gasteiger partial charge in [-0.25, -0.2) is 0 Å². The highest BCUT2D eigenvalue weighted by Crippen LogP contribution is 2.46. The van der Waals surface area contributed by atoms with Crippen molar-refractivity contribution >= 4 is 23.5 Å². The third kappa shape index (κ3) is 3.26. The fraction of sp³-hybridized carbons (Fsp3) is 0.500. The Hall–Kier alpha value is -2.58. The van der Waals surface area contributed by atoms with Crippen LogP contribution in [0, 0.1) is 18.3 Å². The second-order valence-electron chi connectivity index (χ2n) is 7.14. The van der Waals surface area contributed by atoms with Crippen molar-refractivity contribution in [3.63, 3.8) is 0 Å². The van der Waals surface area contributed by atoms with Crippen molar-refractivity contribution in [1.82, 2.24) is 4.90 Å². The quantitative estimate of drug-likeness (QED) is 0.867. The zero-order chi connectivity index (χ0) is 20.0. The fourth-order valence-electron chi connectivity index (χ4n) is 3.63. The van der Waals surface area contributed by atoms with E-state index < -0.39 is 42.4 Å². The average molecular weight is 384 g/mol.